The van der Waals surface area contributed by atoms with Gasteiger partial charge in [0, 0.05) is 38.9 Å². The van der Waals surface area contributed by atoms with Crippen LogP contribution in [0.25, 0.3) is 0 Å². The van der Waals surface area contributed by atoms with Crippen LogP contribution < -0.4 is 10.2 Å². The highest BCUT2D eigenvalue weighted by molar-refractivity contribution is 5.85. The molecule has 2 fully saturated rings. The van der Waals surface area contributed by atoms with E-state index in [2.05, 4.69) is 32.2 Å². The van der Waals surface area contributed by atoms with Crippen molar-refractivity contribution in [3.8, 4) is 0 Å². The molecule has 2 aliphatic rings. The second-order valence-corrected chi connectivity index (χ2v) is 5.69. The molecule has 3 heterocycles. The predicted octanol–water partition coefficient (Wildman–Crippen LogP) is 1.62. The predicted molar refractivity (Wildman–Crippen MR) is 85.7 cm³/mol. The zero-order valence-electron chi connectivity index (χ0n) is 12.0. The molecule has 3 rings (SSSR count). The molecule has 1 aromatic rings. The second-order valence-electron chi connectivity index (χ2n) is 5.69. The lowest BCUT2D eigenvalue weighted by atomic mass is 9.99. The van der Waals surface area contributed by atoms with Crippen molar-refractivity contribution >= 4 is 18.2 Å². The molecule has 0 aliphatic carbocycles. The van der Waals surface area contributed by atoms with E-state index in [1.54, 1.807) is 0 Å². The molecule has 2 saturated heterocycles. The van der Waals surface area contributed by atoms with Crippen LogP contribution in [0, 0.1) is 5.92 Å². The Morgan fingerprint density at radius 3 is 2.70 bits per heavy atom. The molecule has 1 atom stereocenters. The number of piperidine rings is 1. The number of aromatic nitrogens is 1. The number of pyridine rings is 1. The second kappa shape index (κ2) is 7.81. The van der Waals surface area contributed by atoms with Gasteiger partial charge in [0.05, 0.1) is 0 Å². The van der Waals surface area contributed by atoms with E-state index in [1.807, 2.05) is 12.3 Å². The molecule has 0 saturated carbocycles. The summed E-state index contributed by atoms with van der Waals surface area (Å²) in [5.74, 6) is 1.98. The Balaban J connectivity index is 0.00000147. The van der Waals surface area contributed by atoms with E-state index in [4.69, 9.17) is 0 Å². The molecule has 1 aromatic heterocycles. The summed E-state index contributed by atoms with van der Waals surface area (Å²) in [5.41, 5.74) is 0. The number of hydrogen-bond donors (Lipinski definition) is 1. The summed E-state index contributed by atoms with van der Waals surface area (Å²) in [7, 11) is 0. The molecule has 1 unspecified atom stereocenters. The fourth-order valence-corrected chi connectivity index (χ4v) is 3.15. The van der Waals surface area contributed by atoms with E-state index in [0.717, 1.165) is 24.8 Å². The van der Waals surface area contributed by atoms with Crippen LogP contribution in [0.4, 0.5) is 5.82 Å². The third-order valence-corrected chi connectivity index (χ3v) is 4.26. The van der Waals surface area contributed by atoms with E-state index in [1.165, 1.54) is 45.6 Å². The number of rotatable bonds is 3. The lowest BCUT2D eigenvalue weighted by molar-refractivity contribution is 0.198. The van der Waals surface area contributed by atoms with Gasteiger partial charge in [0.15, 0.2) is 0 Å². The average Bonchev–Trinajstić information content (AvgIpc) is 2.50. The summed E-state index contributed by atoms with van der Waals surface area (Å²) in [4.78, 5) is 9.46. The quantitative estimate of drug-likeness (QED) is 0.919. The van der Waals surface area contributed by atoms with E-state index in [9.17, 15) is 0 Å². The molecule has 4 nitrogen and oxygen atoms in total. The summed E-state index contributed by atoms with van der Waals surface area (Å²) < 4.78 is 0. The third kappa shape index (κ3) is 4.08. The fraction of sp³-hybridized carbons (Fsp3) is 0.667. The van der Waals surface area contributed by atoms with Crippen LogP contribution in [0.2, 0.25) is 0 Å². The van der Waals surface area contributed by atoms with Crippen molar-refractivity contribution in [2.24, 2.45) is 5.92 Å². The Kier molecular flexibility index (Phi) is 6.07. The molecule has 5 heteroatoms. The summed E-state index contributed by atoms with van der Waals surface area (Å²) >= 11 is 0. The van der Waals surface area contributed by atoms with Gasteiger partial charge in [-0.25, -0.2) is 4.98 Å². The van der Waals surface area contributed by atoms with Crippen molar-refractivity contribution in [2.45, 2.75) is 12.8 Å². The van der Waals surface area contributed by atoms with E-state index < -0.39 is 0 Å². The Bertz CT molecular complexity index is 373. The molecular weight excluding hydrogens is 272 g/mol. The first-order chi connectivity index (χ1) is 9.42. The summed E-state index contributed by atoms with van der Waals surface area (Å²) in [6.45, 7) is 8.25. The molecule has 0 radical (unpaired) electrons. The molecule has 20 heavy (non-hydrogen) atoms. The largest absolute Gasteiger partial charge is 0.354 e. The van der Waals surface area contributed by atoms with Gasteiger partial charge in [0.2, 0.25) is 0 Å². The zero-order valence-corrected chi connectivity index (χ0v) is 12.8. The van der Waals surface area contributed by atoms with Gasteiger partial charge < -0.3 is 10.2 Å². The highest BCUT2D eigenvalue weighted by atomic mass is 35.5. The number of anilines is 1. The van der Waals surface area contributed by atoms with Gasteiger partial charge >= 0.3 is 0 Å². The number of nitrogens with zero attached hydrogens (tertiary/aromatic N) is 3. The Hall–Kier alpha value is -0.840. The Morgan fingerprint density at radius 2 is 2.05 bits per heavy atom. The van der Waals surface area contributed by atoms with Gasteiger partial charge in [-0.2, -0.15) is 0 Å². The molecule has 0 aromatic carbocycles. The maximum absolute atomic E-state index is 4.44. The van der Waals surface area contributed by atoms with E-state index in [-0.39, 0.29) is 12.4 Å². The average molecular weight is 297 g/mol. The van der Waals surface area contributed by atoms with Gasteiger partial charge in [-0.3, -0.25) is 4.90 Å². The first-order valence-electron chi connectivity index (χ1n) is 7.51. The minimum Gasteiger partial charge on any atom is -0.354 e. The molecule has 0 spiro atoms. The van der Waals surface area contributed by atoms with Gasteiger partial charge in [-0.1, -0.05) is 6.07 Å². The lowest BCUT2D eigenvalue weighted by Gasteiger charge is -2.37. The highest BCUT2D eigenvalue weighted by Gasteiger charge is 2.21. The first-order valence-corrected chi connectivity index (χ1v) is 7.51. The number of nitrogens with one attached hydrogen (secondary N) is 1. The van der Waals surface area contributed by atoms with Crippen LogP contribution in [-0.2, 0) is 0 Å². The summed E-state index contributed by atoms with van der Waals surface area (Å²) in [6, 6.07) is 6.17. The lowest BCUT2D eigenvalue weighted by Crippen LogP contribution is -2.49. The van der Waals surface area contributed by atoms with E-state index >= 15 is 0 Å². The molecular formula is C15H25ClN4. The van der Waals surface area contributed by atoms with Crippen LogP contribution >= 0.6 is 12.4 Å². The van der Waals surface area contributed by atoms with Crippen LogP contribution in [0.1, 0.15) is 12.8 Å². The molecule has 2 aliphatic heterocycles. The smallest absolute Gasteiger partial charge is 0.128 e. The number of halogens is 1. The summed E-state index contributed by atoms with van der Waals surface area (Å²) in [6.07, 6.45) is 4.63. The minimum atomic E-state index is 0. The fourth-order valence-electron chi connectivity index (χ4n) is 3.15. The zero-order chi connectivity index (χ0) is 12.9. The first kappa shape index (κ1) is 15.5. The van der Waals surface area contributed by atoms with E-state index in [0.29, 0.717) is 0 Å². The van der Waals surface area contributed by atoms with Gasteiger partial charge in [0.1, 0.15) is 5.82 Å². The maximum atomic E-state index is 4.44. The summed E-state index contributed by atoms with van der Waals surface area (Å²) in [5, 5.41) is 3.51. The number of piperazine rings is 1. The van der Waals surface area contributed by atoms with Gasteiger partial charge in [0.25, 0.3) is 0 Å². The molecule has 0 amide bonds. The van der Waals surface area contributed by atoms with Crippen molar-refractivity contribution in [2.75, 3.05) is 50.7 Å². The Labute approximate surface area is 128 Å². The molecule has 1 N–H and O–H groups in total. The van der Waals surface area contributed by atoms with Crippen molar-refractivity contribution in [3.05, 3.63) is 24.4 Å². The SMILES string of the molecule is Cl.c1ccc(N2CCN(CC3CCCNC3)CC2)nc1. The third-order valence-electron chi connectivity index (χ3n) is 4.26. The normalized spacial score (nSPS) is 24.2. The van der Waals surface area contributed by atoms with Crippen LogP contribution in [-0.4, -0.2) is 55.7 Å². The Morgan fingerprint density at radius 1 is 1.20 bits per heavy atom. The molecule has 112 valence electrons. The van der Waals surface area contributed by atoms with Crippen LogP contribution in [0.5, 0.6) is 0 Å². The maximum Gasteiger partial charge on any atom is 0.128 e. The minimum absolute atomic E-state index is 0. The van der Waals surface area contributed by atoms with Crippen molar-refractivity contribution in [3.63, 3.8) is 0 Å². The van der Waals surface area contributed by atoms with Crippen molar-refractivity contribution in [1.82, 2.24) is 15.2 Å². The monoisotopic (exact) mass is 296 g/mol. The van der Waals surface area contributed by atoms with Crippen molar-refractivity contribution < 1.29 is 0 Å². The van der Waals surface area contributed by atoms with Crippen LogP contribution in [0.15, 0.2) is 24.4 Å². The van der Waals surface area contributed by atoms with Gasteiger partial charge in [-0.15, -0.1) is 12.4 Å². The van der Waals surface area contributed by atoms with Crippen molar-refractivity contribution in [1.29, 1.82) is 0 Å². The standard InChI is InChI=1S/C15H24N4.ClH/c1-2-7-17-15(5-1)19-10-8-18(9-11-19)13-14-4-3-6-16-12-14;/h1-2,5,7,14,16H,3-4,6,8-13H2;1H. The van der Waals surface area contributed by atoms with Crippen LogP contribution in [0.3, 0.4) is 0 Å². The molecule has 0 bridgehead atoms. The number of hydrogen-bond acceptors (Lipinski definition) is 4. The van der Waals surface area contributed by atoms with Gasteiger partial charge in [-0.05, 0) is 44.0 Å². The highest BCUT2D eigenvalue weighted by Crippen LogP contribution is 2.16. The topological polar surface area (TPSA) is 31.4 Å².